The van der Waals surface area contributed by atoms with Crippen molar-refractivity contribution in [2.45, 2.75) is 0 Å². The maximum Gasteiger partial charge on any atom is 0.248 e. The lowest BCUT2D eigenvalue weighted by Gasteiger charge is -1.94. The zero-order chi connectivity index (χ0) is 9.26. The van der Waals surface area contributed by atoms with Gasteiger partial charge in [-0.15, -0.1) is 11.3 Å². The van der Waals surface area contributed by atoms with Gasteiger partial charge in [-0.05, 0) is 18.2 Å². The lowest BCUT2D eigenvalue weighted by molar-refractivity contribution is 1.25. The number of aromatic amines is 1. The fourth-order valence-electron chi connectivity index (χ4n) is 1.05. The zero-order valence-corrected chi connectivity index (χ0v) is 8.15. The number of pyridine rings is 1. The second-order valence-electron chi connectivity index (χ2n) is 2.53. The average Bonchev–Trinajstić information content (AvgIpc) is 2.52. The summed E-state index contributed by atoms with van der Waals surface area (Å²) >= 11 is 7.22. The lowest BCUT2D eigenvalue weighted by atomic mass is 10.3. The van der Waals surface area contributed by atoms with E-state index < -0.39 is 0 Å². The summed E-state index contributed by atoms with van der Waals surface area (Å²) in [6.07, 6.45) is 0. The Bertz CT molecular complexity index is 474. The third kappa shape index (κ3) is 1.82. The standard InChI is InChI=1S/C9H6ClNOS/c10-8-5-4-7(13-8)6-2-1-3-9(12)11-6/h1-5H,(H,11,12). The summed E-state index contributed by atoms with van der Waals surface area (Å²) in [5.74, 6) is 0. The predicted molar refractivity (Wildman–Crippen MR) is 55.4 cm³/mol. The molecular weight excluding hydrogens is 206 g/mol. The molecule has 0 aromatic carbocycles. The van der Waals surface area contributed by atoms with Gasteiger partial charge in [0, 0.05) is 6.07 Å². The Labute approximate surface area is 83.8 Å². The molecule has 2 aromatic rings. The molecule has 0 saturated carbocycles. The molecule has 0 saturated heterocycles. The van der Waals surface area contributed by atoms with Crippen molar-refractivity contribution in [2.75, 3.05) is 0 Å². The van der Waals surface area contributed by atoms with E-state index in [1.165, 1.54) is 17.4 Å². The van der Waals surface area contributed by atoms with E-state index >= 15 is 0 Å². The van der Waals surface area contributed by atoms with Crippen molar-refractivity contribution in [3.63, 3.8) is 0 Å². The summed E-state index contributed by atoms with van der Waals surface area (Å²) in [6.45, 7) is 0. The number of hydrogen-bond donors (Lipinski definition) is 1. The maximum atomic E-state index is 11.0. The van der Waals surface area contributed by atoms with E-state index in [1.807, 2.05) is 18.2 Å². The van der Waals surface area contributed by atoms with E-state index in [-0.39, 0.29) is 5.56 Å². The molecule has 2 heterocycles. The molecule has 66 valence electrons. The van der Waals surface area contributed by atoms with Gasteiger partial charge in [-0.3, -0.25) is 4.79 Å². The lowest BCUT2D eigenvalue weighted by Crippen LogP contribution is -2.02. The van der Waals surface area contributed by atoms with Crippen LogP contribution >= 0.6 is 22.9 Å². The van der Waals surface area contributed by atoms with Crippen molar-refractivity contribution in [3.05, 3.63) is 45.0 Å². The van der Waals surface area contributed by atoms with Gasteiger partial charge in [0.2, 0.25) is 5.56 Å². The van der Waals surface area contributed by atoms with E-state index in [1.54, 1.807) is 6.07 Å². The van der Waals surface area contributed by atoms with Crippen molar-refractivity contribution < 1.29 is 0 Å². The Hall–Kier alpha value is -1.06. The van der Waals surface area contributed by atoms with Crippen LogP contribution in [0.4, 0.5) is 0 Å². The maximum absolute atomic E-state index is 11.0. The summed E-state index contributed by atoms with van der Waals surface area (Å²) < 4.78 is 0.722. The van der Waals surface area contributed by atoms with Crippen molar-refractivity contribution >= 4 is 22.9 Å². The van der Waals surface area contributed by atoms with Crippen LogP contribution in [0.2, 0.25) is 4.34 Å². The molecule has 0 aliphatic rings. The van der Waals surface area contributed by atoms with Crippen molar-refractivity contribution in [1.29, 1.82) is 0 Å². The number of hydrogen-bond acceptors (Lipinski definition) is 2. The molecule has 0 radical (unpaired) electrons. The van der Waals surface area contributed by atoms with Gasteiger partial charge >= 0.3 is 0 Å². The van der Waals surface area contributed by atoms with E-state index in [4.69, 9.17) is 11.6 Å². The molecule has 2 rings (SSSR count). The quantitative estimate of drug-likeness (QED) is 0.773. The molecule has 4 heteroatoms. The first kappa shape index (κ1) is 8.53. The van der Waals surface area contributed by atoms with E-state index in [9.17, 15) is 4.79 Å². The minimum atomic E-state index is -0.0953. The number of thiophene rings is 1. The molecule has 2 nitrogen and oxygen atoms in total. The monoisotopic (exact) mass is 211 g/mol. The largest absolute Gasteiger partial charge is 0.321 e. The van der Waals surface area contributed by atoms with Crippen LogP contribution < -0.4 is 5.56 Å². The Kier molecular flexibility index (Phi) is 2.20. The molecule has 0 unspecified atom stereocenters. The molecule has 0 fully saturated rings. The molecule has 0 spiro atoms. The summed E-state index contributed by atoms with van der Waals surface area (Å²) in [6, 6.07) is 8.76. The van der Waals surface area contributed by atoms with Crippen molar-refractivity contribution in [3.8, 4) is 10.6 Å². The van der Waals surface area contributed by atoms with Crippen LogP contribution in [-0.4, -0.2) is 4.98 Å². The van der Waals surface area contributed by atoms with Crippen LogP contribution in [0.1, 0.15) is 0 Å². The van der Waals surface area contributed by atoms with Crippen molar-refractivity contribution in [2.24, 2.45) is 0 Å². The summed E-state index contributed by atoms with van der Waals surface area (Å²) in [5.41, 5.74) is 0.714. The first-order valence-electron chi connectivity index (χ1n) is 3.71. The van der Waals surface area contributed by atoms with Gasteiger partial charge in [0.05, 0.1) is 14.9 Å². The van der Waals surface area contributed by atoms with Crippen molar-refractivity contribution in [1.82, 2.24) is 4.98 Å². The molecule has 0 amide bonds. The normalized spacial score (nSPS) is 10.2. The topological polar surface area (TPSA) is 32.9 Å². The minimum Gasteiger partial charge on any atom is -0.321 e. The molecule has 0 aliphatic heterocycles. The first-order chi connectivity index (χ1) is 6.25. The molecule has 2 aromatic heterocycles. The van der Waals surface area contributed by atoms with Gasteiger partial charge in [0.25, 0.3) is 0 Å². The molecule has 0 bridgehead atoms. The van der Waals surface area contributed by atoms with Crippen LogP contribution in [-0.2, 0) is 0 Å². The molecule has 1 N–H and O–H groups in total. The second kappa shape index (κ2) is 3.36. The van der Waals surface area contributed by atoms with Crippen LogP contribution in [0.25, 0.3) is 10.6 Å². The highest BCUT2D eigenvalue weighted by Gasteiger charge is 2.00. The Morgan fingerprint density at radius 3 is 2.69 bits per heavy atom. The van der Waals surface area contributed by atoms with Gasteiger partial charge in [-0.25, -0.2) is 0 Å². The van der Waals surface area contributed by atoms with Gasteiger partial charge in [0.1, 0.15) is 0 Å². The third-order valence-electron chi connectivity index (χ3n) is 1.61. The van der Waals surface area contributed by atoms with Crippen LogP contribution in [0.3, 0.4) is 0 Å². The molecule has 0 aliphatic carbocycles. The molecule has 0 atom stereocenters. The summed E-state index contributed by atoms with van der Waals surface area (Å²) in [7, 11) is 0. The van der Waals surface area contributed by atoms with Gasteiger partial charge in [-0.1, -0.05) is 17.7 Å². The van der Waals surface area contributed by atoms with Gasteiger partial charge in [-0.2, -0.15) is 0 Å². The number of aromatic nitrogens is 1. The molecule has 13 heavy (non-hydrogen) atoms. The highest BCUT2D eigenvalue weighted by Crippen LogP contribution is 2.28. The van der Waals surface area contributed by atoms with Crippen LogP contribution in [0.15, 0.2) is 35.1 Å². The van der Waals surface area contributed by atoms with E-state index in [2.05, 4.69) is 4.98 Å². The van der Waals surface area contributed by atoms with Gasteiger partial charge in [0.15, 0.2) is 0 Å². The summed E-state index contributed by atoms with van der Waals surface area (Å²) in [5, 5.41) is 0. The zero-order valence-electron chi connectivity index (χ0n) is 6.58. The Morgan fingerprint density at radius 1 is 1.23 bits per heavy atom. The Balaban J connectivity index is 2.52. The summed E-state index contributed by atoms with van der Waals surface area (Å²) in [4.78, 5) is 14.7. The van der Waals surface area contributed by atoms with E-state index in [0.717, 1.165) is 14.9 Å². The number of halogens is 1. The number of rotatable bonds is 1. The van der Waals surface area contributed by atoms with Crippen LogP contribution in [0.5, 0.6) is 0 Å². The molecular formula is C9H6ClNOS. The SMILES string of the molecule is O=c1cccc(-c2ccc(Cl)s2)[nH]1. The minimum absolute atomic E-state index is 0.0953. The Morgan fingerprint density at radius 2 is 2.08 bits per heavy atom. The first-order valence-corrected chi connectivity index (χ1v) is 4.90. The predicted octanol–water partition coefficient (Wildman–Crippen LogP) is 2.76. The fraction of sp³-hybridized carbons (Fsp3) is 0. The fourth-order valence-corrected chi connectivity index (χ4v) is 2.07. The third-order valence-corrected chi connectivity index (χ3v) is 2.87. The van der Waals surface area contributed by atoms with E-state index in [0.29, 0.717) is 0 Å². The highest BCUT2D eigenvalue weighted by molar-refractivity contribution is 7.19. The average molecular weight is 212 g/mol. The smallest absolute Gasteiger partial charge is 0.248 e. The van der Waals surface area contributed by atoms with Gasteiger partial charge < -0.3 is 4.98 Å². The number of H-pyrrole nitrogens is 1. The number of nitrogens with one attached hydrogen (secondary N) is 1. The second-order valence-corrected chi connectivity index (χ2v) is 4.25. The van der Waals surface area contributed by atoms with Crippen LogP contribution in [0, 0.1) is 0 Å². The highest BCUT2D eigenvalue weighted by atomic mass is 35.5.